The first-order chi connectivity index (χ1) is 12.5. The van der Waals surface area contributed by atoms with E-state index in [9.17, 15) is 5.11 Å². The van der Waals surface area contributed by atoms with Crippen molar-refractivity contribution in [3.63, 3.8) is 0 Å². The average Bonchev–Trinajstić information content (AvgIpc) is 2.67. The molecule has 2 aromatic carbocycles. The molecule has 0 spiro atoms. The number of ether oxygens (including phenoxy) is 1. The summed E-state index contributed by atoms with van der Waals surface area (Å²) in [6.07, 6.45) is 1.78. The largest absolute Gasteiger partial charge is 0.508 e. The molecule has 0 saturated carbocycles. The van der Waals surface area contributed by atoms with Crippen LogP contribution in [-0.4, -0.2) is 17.2 Å². The first kappa shape index (κ1) is 17.5. The fourth-order valence-corrected chi connectivity index (χ4v) is 2.85. The number of phenolic OH excluding ortho intramolecular Hbond substituents is 1. The van der Waals surface area contributed by atoms with Crippen LogP contribution in [0.4, 0.5) is 0 Å². The SMILES string of the molecule is C=C(C(=C)c1ccc(-c2ncccc2C)c(OC)c1)c1ccc(O)cc1. The van der Waals surface area contributed by atoms with Crippen molar-refractivity contribution >= 4 is 11.1 Å². The predicted molar refractivity (Wildman–Crippen MR) is 107 cm³/mol. The molecule has 3 heteroatoms. The Morgan fingerprint density at radius 1 is 0.962 bits per heavy atom. The van der Waals surface area contributed by atoms with E-state index < -0.39 is 0 Å². The first-order valence-electron chi connectivity index (χ1n) is 8.29. The van der Waals surface area contributed by atoms with Gasteiger partial charge in [-0.25, -0.2) is 0 Å². The van der Waals surface area contributed by atoms with Gasteiger partial charge >= 0.3 is 0 Å². The minimum absolute atomic E-state index is 0.226. The van der Waals surface area contributed by atoms with Gasteiger partial charge in [-0.05, 0) is 65.1 Å². The number of rotatable bonds is 5. The molecule has 0 aliphatic carbocycles. The molecule has 1 aromatic heterocycles. The number of allylic oxidation sites excluding steroid dienone is 2. The van der Waals surface area contributed by atoms with Crippen molar-refractivity contribution in [2.75, 3.05) is 7.11 Å². The Hall–Kier alpha value is -3.33. The smallest absolute Gasteiger partial charge is 0.128 e. The normalized spacial score (nSPS) is 10.4. The number of pyridine rings is 1. The number of hydrogen-bond acceptors (Lipinski definition) is 3. The van der Waals surface area contributed by atoms with Crippen LogP contribution in [0.5, 0.6) is 11.5 Å². The molecule has 0 saturated heterocycles. The molecular formula is C23H21NO2. The lowest BCUT2D eigenvalue weighted by molar-refractivity contribution is 0.416. The summed E-state index contributed by atoms with van der Waals surface area (Å²) in [5, 5.41) is 9.45. The van der Waals surface area contributed by atoms with Crippen LogP contribution < -0.4 is 4.74 Å². The second-order valence-corrected chi connectivity index (χ2v) is 6.09. The van der Waals surface area contributed by atoms with E-state index in [0.717, 1.165) is 44.8 Å². The summed E-state index contributed by atoms with van der Waals surface area (Å²) in [5.74, 6) is 0.966. The number of aromatic hydroxyl groups is 1. The third-order valence-electron chi connectivity index (χ3n) is 4.39. The highest BCUT2D eigenvalue weighted by molar-refractivity contribution is 6.03. The van der Waals surface area contributed by atoms with Gasteiger partial charge in [0.1, 0.15) is 11.5 Å². The highest BCUT2D eigenvalue weighted by Gasteiger charge is 2.13. The van der Waals surface area contributed by atoms with Crippen molar-refractivity contribution in [1.29, 1.82) is 0 Å². The standard InChI is InChI=1S/C23H21NO2/c1-15-6-5-13-24-23(15)21-12-9-19(14-22(21)26-4)17(3)16(2)18-7-10-20(25)11-8-18/h5-14,25H,2-3H2,1,4H3. The molecule has 0 fully saturated rings. The van der Waals surface area contributed by atoms with Gasteiger partial charge in [0, 0.05) is 11.8 Å². The number of aryl methyl sites for hydroxylation is 1. The lowest BCUT2D eigenvalue weighted by Crippen LogP contribution is -1.95. The summed E-state index contributed by atoms with van der Waals surface area (Å²) in [4.78, 5) is 4.48. The Labute approximate surface area is 153 Å². The summed E-state index contributed by atoms with van der Waals surface area (Å²) in [6.45, 7) is 10.4. The first-order valence-corrected chi connectivity index (χ1v) is 8.29. The minimum Gasteiger partial charge on any atom is -0.508 e. The molecule has 0 aliphatic heterocycles. The summed E-state index contributed by atoms with van der Waals surface area (Å²) in [7, 11) is 1.65. The third kappa shape index (κ3) is 3.38. The van der Waals surface area contributed by atoms with Gasteiger partial charge in [-0.2, -0.15) is 0 Å². The average molecular weight is 343 g/mol. The van der Waals surface area contributed by atoms with Gasteiger partial charge in [-0.1, -0.05) is 37.4 Å². The summed E-state index contributed by atoms with van der Waals surface area (Å²) in [5.41, 5.74) is 6.38. The van der Waals surface area contributed by atoms with Crippen molar-refractivity contribution in [2.45, 2.75) is 6.92 Å². The van der Waals surface area contributed by atoms with Crippen LogP contribution in [0, 0.1) is 6.92 Å². The van der Waals surface area contributed by atoms with Gasteiger partial charge in [-0.15, -0.1) is 0 Å². The molecule has 0 bridgehead atoms. The van der Waals surface area contributed by atoms with Crippen molar-refractivity contribution in [3.05, 3.63) is 90.6 Å². The highest BCUT2D eigenvalue weighted by atomic mass is 16.5. The molecule has 0 atom stereocenters. The lowest BCUT2D eigenvalue weighted by atomic mass is 9.93. The van der Waals surface area contributed by atoms with Gasteiger partial charge in [0.15, 0.2) is 0 Å². The Kier molecular flexibility index (Phi) is 4.90. The summed E-state index contributed by atoms with van der Waals surface area (Å²) < 4.78 is 5.60. The number of aromatic nitrogens is 1. The Balaban J connectivity index is 1.96. The quantitative estimate of drug-likeness (QED) is 0.622. The molecule has 130 valence electrons. The van der Waals surface area contributed by atoms with Gasteiger partial charge in [0.05, 0.1) is 12.8 Å². The molecular weight excluding hydrogens is 322 g/mol. The molecule has 1 N–H and O–H groups in total. The maximum Gasteiger partial charge on any atom is 0.128 e. The van der Waals surface area contributed by atoms with Gasteiger partial charge < -0.3 is 9.84 Å². The van der Waals surface area contributed by atoms with E-state index in [0.29, 0.717) is 0 Å². The third-order valence-corrected chi connectivity index (χ3v) is 4.39. The number of methoxy groups -OCH3 is 1. The number of hydrogen-bond donors (Lipinski definition) is 1. The molecule has 3 nitrogen and oxygen atoms in total. The Morgan fingerprint density at radius 2 is 1.62 bits per heavy atom. The number of benzene rings is 2. The number of phenols is 1. The topological polar surface area (TPSA) is 42.4 Å². The zero-order chi connectivity index (χ0) is 18.7. The molecule has 0 aliphatic rings. The molecule has 3 aromatic rings. The molecule has 1 heterocycles. The van der Waals surface area contributed by atoms with Crippen LogP contribution in [0.1, 0.15) is 16.7 Å². The van der Waals surface area contributed by atoms with Crippen LogP contribution in [-0.2, 0) is 0 Å². The van der Waals surface area contributed by atoms with Crippen LogP contribution >= 0.6 is 0 Å². The van der Waals surface area contributed by atoms with E-state index in [-0.39, 0.29) is 5.75 Å². The lowest BCUT2D eigenvalue weighted by Gasteiger charge is -2.15. The van der Waals surface area contributed by atoms with Crippen LogP contribution in [0.2, 0.25) is 0 Å². The van der Waals surface area contributed by atoms with Gasteiger partial charge in [-0.3, -0.25) is 4.98 Å². The fraction of sp³-hybridized carbons (Fsp3) is 0.0870. The van der Waals surface area contributed by atoms with E-state index in [4.69, 9.17) is 4.74 Å². The molecule has 3 rings (SSSR count). The summed E-state index contributed by atoms with van der Waals surface area (Å²) in [6, 6.07) is 16.8. The van der Waals surface area contributed by atoms with E-state index in [1.54, 1.807) is 25.4 Å². The number of nitrogens with zero attached hydrogens (tertiary/aromatic N) is 1. The zero-order valence-electron chi connectivity index (χ0n) is 15.0. The highest BCUT2D eigenvalue weighted by Crippen LogP contribution is 2.36. The van der Waals surface area contributed by atoms with Gasteiger partial charge in [0.2, 0.25) is 0 Å². The maximum atomic E-state index is 9.45. The second-order valence-electron chi connectivity index (χ2n) is 6.09. The zero-order valence-corrected chi connectivity index (χ0v) is 15.0. The predicted octanol–water partition coefficient (Wildman–Crippen LogP) is 5.50. The van der Waals surface area contributed by atoms with Crippen molar-refractivity contribution in [2.24, 2.45) is 0 Å². The molecule has 0 amide bonds. The monoisotopic (exact) mass is 343 g/mol. The van der Waals surface area contributed by atoms with Crippen molar-refractivity contribution in [1.82, 2.24) is 4.98 Å². The molecule has 0 radical (unpaired) electrons. The van der Waals surface area contributed by atoms with E-state index in [2.05, 4.69) is 18.1 Å². The maximum absolute atomic E-state index is 9.45. The second kappa shape index (κ2) is 7.28. The van der Waals surface area contributed by atoms with E-state index in [1.165, 1.54) is 0 Å². The molecule has 0 unspecified atom stereocenters. The molecule has 26 heavy (non-hydrogen) atoms. The van der Waals surface area contributed by atoms with Crippen LogP contribution in [0.3, 0.4) is 0 Å². The van der Waals surface area contributed by atoms with E-state index in [1.807, 2.05) is 49.4 Å². The Morgan fingerprint density at radius 3 is 2.27 bits per heavy atom. The van der Waals surface area contributed by atoms with Gasteiger partial charge in [0.25, 0.3) is 0 Å². The van der Waals surface area contributed by atoms with Crippen molar-refractivity contribution in [3.8, 4) is 22.8 Å². The van der Waals surface area contributed by atoms with Crippen molar-refractivity contribution < 1.29 is 9.84 Å². The Bertz CT molecular complexity index is 972. The van der Waals surface area contributed by atoms with Crippen LogP contribution in [0.15, 0.2) is 74.0 Å². The fourth-order valence-electron chi connectivity index (χ4n) is 2.85. The van der Waals surface area contributed by atoms with Crippen LogP contribution in [0.25, 0.3) is 22.4 Å². The van der Waals surface area contributed by atoms with E-state index >= 15 is 0 Å². The summed E-state index contributed by atoms with van der Waals surface area (Å²) >= 11 is 0. The minimum atomic E-state index is 0.226.